The minimum Gasteiger partial charge on any atom is -0.392 e. The molecule has 2 aliphatic rings. The minimum atomic E-state index is -0.110. The Hall–Kier alpha value is 0.620. The van der Waals surface area contributed by atoms with Gasteiger partial charge in [-0.15, -0.1) is 0 Å². The van der Waals surface area contributed by atoms with Crippen LogP contribution in [0.1, 0.15) is 32.6 Å². The maximum Gasteiger partial charge on any atom is 0.0672 e. The largest absolute Gasteiger partial charge is 0.392 e. The molecule has 2 heterocycles. The first-order valence-electron chi connectivity index (χ1n) is 6.80. The van der Waals surface area contributed by atoms with Gasteiger partial charge in [0.15, 0.2) is 0 Å². The summed E-state index contributed by atoms with van der Waals surface area (Å²) in [5.74, 6) is 3.14. The van der Waals surface area contributed by atoms with E-state index in [1.54, 1.807) is 0 Å². The zero-order valence-electron chi connectivity index (χ0n) is 10.6. The highest BCUT2D eigenvalue weighted by Gasteiger charge is 2.32. The molecule has 0 aliphatic carbocycles. The van der Waals surface area contributed by atoms with Crippen LogP contribution in [-0.2, 0) is 4.74 Å². The number of thioether (sulfide) groups is 2. The molecule has 4 heteroatoms. The van der Waals surface area contributed by atoms with Crippen LogP contribution in [0.3, 0.4) is 0 Å². The molecule has 0 radical (unpaired) electrons. The summed E-state index contributed by atoms with van der Waals surface area (Å²) in [5, 5.41) is 11.6. The molecule has 0 aromatic carbocycles. The molecule has 2 fully saturated rings. The van der Waals surface area contributed by atoms with Gasteiger partial charge in [0.25, 0.3) is 0 Å². The van der Waals surface area contributed by atoms with Crippen molar-refractivity contribution in [1.82, 2.24) is 0 Å². The molecule has 3 unspecified atom stereocenters. The summed E-state index contributed by atoms with van der Waals surface area (Å²) in [7, 11) is 0. The van der Waals surface area contributed by atoms with E-state index in [2.05, 4.69) is 18.7 Å². The normalized spacial score (nSPS) is 33.5. The van der Waals surface area contributed by atoms with Crippen LogP contribution >= 0.6 is 23.5 Å². The predicted octanol–water partition coefficient (Wildman–Crippen LogP) is 2.79. The van der Waals surface area contributed by atoms with E-state index >= 15 is 0 Å². The van der Waals surface area contributed by atoms with Gasteiger partial charge in [-0.1, -0.05) is 6.92 Å². The standard InChI is InChI=1S/C13H24O2S2/c1-2-12-13(17-8-7-16-12)11(14)9-10-3-5-15-6-4-10/h10-14H,2-9H2,1H3. The lowest BCUT2D eigenvalue weighted by atomic mass is 9.91. The molecule has 2 rings (SSSR count). The number of aliphatic hydroxyl groups excluding tert-OH is 1. The number of hydrogen-bond acceptors (Lipinski definition) is 4. The van der Waals surface area contributed by atoms with Gasteiger partial charge in [-0.2, -0.15) is 23.5 Å². The molecule has 2 saturated heterocycles. The maximum atomic E-state index is 10.5. The van der Waals surface area contributed by atoms with E-state index in [1.807, 2.05) is 11.8 Å². The van der Waals surface area contributed by atoms with Crippen molar-refractivity contribution in [2.24, 2.45) is 5.92 Å². The van der Waals surface area contributed by atoms with Gasteiger partial charge in [-0.3, -0.25) is 0 Å². The molecule has 0 aromatic rings. The summed E-state index contributed by atoms with van der Waals surface area (Å²) in [5.41, 5.74) is 0. The second kappa shape index (κ2) is 7.27. The van der Waals surface area contributed by atoms with Crippen molar-refractivity contribution < 1.29 is 9.84 Å². The molecule has 0 spiro atoms. The fraction of sp³-hybridized carbons (Fsp3) is 1.00. The van der Waals surface area contributed by atoms with Gasteiger partial charge in [0.05, 0.1) is 6.10 Å². The lowest BCUT2D eigenvalue weighted by molar-refractivity contribution is 0.0432. The van der Waals surface area contributed by atoms with Crippen molar-refractivity contribution in [2.45, 2.75) is 49.2 Å². The molecule has 0 amide bonds. The Balaban J connectivity index is 1.82. The molecule has 0 bridgehead atoms. The van der Waals surface area contributed by atoms with Gasteiger partial charge in [0.2, 0.25) is 0 Å². The molecule has 2 nitrogen and oxygen atoms in total. The van der Waals surface area contributed by atoms with Crippen molar-refractivity contribution in [3.8, 4) is 0 Å². The van der Waals surface area contributed by atoms with Gasteiger partial charge in [0.1, 0.15) is 0 Å². The predicted molar refractivity (Wildman–Crippen MR) is 76.9 cm³/mol. The Morgan fingerprint density at radius 3 is 2.65 bits per heavy atom. The number of hydrogen-bond donors (Lipinski definition) is 1. The van der Waals surface area contributed by atoms with Crippen molar-refractivity contribution in [3.63, 3.8) is 0 Å². The van der Waals surface area contributed by atoms with Crippen LogP contribution in [0.5, 0.6) is 0 Å². The monoisotopic (exact) mass is 276 g/mol. The molecule has 17 heavy (non-hydrogen) atoms. The van der Waals surface area contributed by atoms with E-state index < -0.39 is 0 Å². The van der Waals surface area contributed by atoms with Crippen LogP contribution in [0.2, 0.25) is 0 Å². The first-order chi connectivity index (χ1) is 8.31. The topological polar surface area (TPSA) is 29.5 Å². The zero-order valence-corrected chi connectivity index (χ0v) is 12.3. The van der Waals surface area contributed by atoms with E-state index in [0.717, 1.165) is 32.5 Å². The molecule has 0 saturated carbocycles. The summed E-state index contributed by atoms with van der Waals surface area (Å²) >= 11 is 4.05. The Morgan fingerprint density at radius 1 is 1.24 bits per heavy atom. The van der Waals surface area contributed by atoms with Gasteiger partial charge in [-0.05, 0) is 31.6 Å². The number of rotatable bonds is 4. The second-order valence-corrected chi connectivity index (χ2v) is 7.64. The first kappa shape index (κ1) is 14.0. The lowest BCUT2D eigenvalue weighted by Gasteiger charge is -2.35. The quantitative estimate of drug-likeness (QED) is 0.855. The summed E-state index contributed by atoms with van der Waals surface area (Å²) in [6, 6.07) is 0. The van der Waals surface area contributed by atoms with Gasteiger partial charge in [0, 0.05) is 35.2 Å². The molecule has 3 atom stereocenters. The smallest absolute Gasteiger partial charge is 0.0672 e. The average Bonchev–Trinajstić information content (AvgIpc) is 2.40. The van der Waals surface area contributed by atoms with E-state index in [0.29, 0.717) is 16.4 Å². The fourth-order valence-electron chi connectivity index (χ4n) is 2.75. The van der Waals surface area contributed by atoms with E-state index in [9.17, 15) is 5.11 Å². The Kier molecular flexibility index (Phi) is 6.00. The minimum absolute atomic E-state index is 0.110. The Bertz CT molecular complexity index is 219. The fourth-order valence-corrected chi connectivity index (χ4v) is 5.92. The SMILES string of the molecule is CCC1SCCSC1C(O)CC1CCOCC1. The molecular formula is C13H24O2S2. The summed E-state index contributed by atoms with van der Waals surface area (Å²) in [6.07, 6.45) is 4.34. The van der Waals surface area contributed by atoms with Crippen LogP contribution in [0.4, 0.5) is 0 Å². The van der Waals surface area contributed by atoms with Gasteiger partial charge in [-0.25, -0.2) is 0 Å². The highest BCUT2D eigenvalue weighted by molar-refractivity contribution is 8.07. The van der Waals surface area contributed by atoms with Gasteiger partial charge >= 0.3 is 0 Å². The zero-order chi connectivity index (χ0) is 12.1. The highest BCUT2D eigenvalue weighted by atomic mass is 32.2. The second-order valence-electron chi connectivity index (χ2n) is 5.01. The summed E-state index contributed by atoms with van der Waals surface area (Å²) in [4.78, 5) is 0. The van der Waals surface area contributed by atoms with E-state index in [1.165, 1.54) is 17.9 Å². The molecule has 100 valence electrons. The van der Waals surface area contributed by atoms with Crippen molar-refractivity contribution >= 4 is 23.5 Å². The van der Waals surface area contributed by atoms with E-state index in [-0.39, 0.29) is 6.10 Å². The molecular weight excluding hydrogens is 252 g/mol. The lowest BCUT2D eigenvalue weighted by Crippen LogP contribution is -2.37. The third-order valence-corrected chi connectivity index (χ3v) is 7.18. The average molecular weight is 276 g/mol. The van der Waals surface area contributed by atoms with Crippen molar-refractivity contribution in [3.05, 3.63) is 0 Å². The summed E-state index contributed by atoms with van der Waals surface area (Å²) < 4.78 is 5.38. The van der Waals surface area contributed by atoms with Crippen molar-refractivity contribution in [1.29, 1.82) is 0 Å². The van der Waals surface area contributed by atoms with Crippen LogP contribution in [0.25, 0.3) is 0 Å². The van der Waals surface area contributed by atoms with Crippen LogP contribution in [0, 0.1) is 5.92 Å². The van der Waals surface area contributed by atoms with E-state index in [4.69, 9.17) is 4.74 Å². The third-order valence-electron chi connectivity index (χ3n) is 3.79. The van der Waals surface area contributed by atoms with Crippen molar-refractivity contribution in [2.75, 3.05) is 24.7 Å². The Morgan fingerprint density at radius 2 is 1.94 bits per heavy atom. The number of ether oxygens (including phenoxy) is 1. The molecule has 2 aliphatic heterocycles. The molecule has 0 aromatic heterocycles. The first-order valence-corrected chi connectivity index (χ1v) is 8.90. The Labute approximate surface area is 113 Å². The third kappa shape index (κ3) is 4.05. The maximum absolute atomic E-state index is 10.5. The highest BCUT2D eigenvalue weighted by Crippen LogP contribution is 2.37. The van der Waals surface area contributed by atoms with Gasteiger partial charge < -0.3 is 9.84 Å². The van der Waals surface area contributed by atoms with Crippen LogP contribution < -0.4 is 0 Å². The summed E-state index contributed by atoms with van der Waals surface area (Å²) in [6.45, 7) is 4.03. The number of aliphatic hydroxyl groups is 1. The van der Waals surface area contributed by atoms with Crippen LogP contribution in [-0.4, -0.2) is 46.4 Å². The molecule has 1 N–H and O–H groups in total. The van der Waals surface area contributed by atoms with Crippen LogP contribution in [0.15, 0.2) is 0 Å².